The Bertz CT molecular complexity index is 273. The van der Waals surface area contributed by atoms with E-state index in [1.165, 1.54) is 6.07 Å². The van der Waals surface area contributed by atoms with Crippen molar-refractivity contribution >= 4 is 22.2 Å². The number of carbonyl (C=O) groups excluding carboxylic acids is 1. The normalized spacial score (nSPS) is 9.73. The van der Waals surface area contributed by atoms with E-state index in [1.807, 2.05) is 0 Å². The van der Waals surface area contributed by atoms with Crippen molar-refractivity contribution < 1.29 is 9.18 Å². The summed E-state index contributed by atoms with van der Waals surface area (Å²) in [5.41, 5.74) is 0.871. The van der Waals surface area contributed by atoms with Crippen molar-refractivity contribution in [1.29, 1.82) is 0 Å². The van der Waals surface area contributed by atoms with Gasteiger partial charge in [-0.3, -0.25) is 4.79 Å². The fourth-order valence-electron chi connectivity index (χ4n) is 0.733. The summed E-state index contributed by atoms with van der Waals surface area (Å²) in [5.74, 6) is -0.360. The van der Waals surface area contributed by atoms with Gasteiger partial charge in [-0.15, -0.1) is 0 Å². The van der Waals surface area contributed by atoms with Crippen LogP contribution in [0.25, 0.3) is 0 Å². The van der Waals surface area contributed by atoms with Crippen LogP contribution < -0.4 is 0 Å². The first-order chi connectivity index (χ1) is 5.15. The van der Waals surface area contributed by atoms with Crippen molar-refractivity contribution in [1.82, 2.24) is 0 Å². The predicted octanol–water partition coefficient (Wildman–Crippen LogP) is 2.71. The van der Waals surface area contributed by atoms with E-state index in [0.717, 1.165) is 0 Å². The molecule has 0 heterocycles. The third-order valence-corrected chi connectivity index (χ3v) is 2.26. The zero-order valence-electron chi connectivity index (χ0n) is 5.90. The van der Waals surface area contributed by atoms with Crippen LogP contribution in [0, 0.1) is 12.7 Å². The Kier molecular flexibility index (Phi) is 2.39. The van der Waals surface area contributed by atoms with Gasteiger partial charge >= 0.3 is 0 Å². The Morgan fingerprint density at radius 3 is 2.64 bits per heavy atom. The van der Waals surface area contributed by atoms with Gasteiger partial charge in [0.25, 0.3) is 0 Å². The van der Waals surface area contributed by atoms with Crippen LogP contribution in [0.4, 0.5) is 4.39 Å². The first-order valence-electron chi connectivity index (χ1n) is 3.06. The van der Waals surface area contributed by atoms with Crippen molar-refractivity contribution in [2.45, 2.75) is 6.92 Å². The van der Waals surface area contributed by atoms with Crippen molar-refractivity contribution in [2.75, 3.05) is 0 Å². The standard InChI is InChI=1S/C8H6BrFO/c1-5-7(9)2-6(4-11)3-8(5)10/h2-4H,1H3. The molecule has 0 atom stereocenters. The number of aldehydes is 1. The highest BCUT2D eigenvalue weighted by molar-refractivity contribution is 9.10. The van der Waals surface area contributed by atoms with Gasteiger partial charge in [0.15, 0.2) is 0 Å². The molecule has 0 aliphatic rings. The second kappa shape index (κ2) is 3.13. The van der Waals surface area contributed by atoms with E-state index in [4.69, 9.17) is 0 Å². The fraction of sp³-hybridized carbons (Fsp3) is 0.125. The van der Waals surface area contributed by atoms with Crippen LogP contribution in [0.15, 0.2) is 16.6 Å². The lowest BCUT2D eigenvalue weighted by Crippen LogP contribution is -1.88. The molecule has 0 unspecified atom stereocenters. The van der Waals surface area contributed by atoms with Gasteiger partial charge in [0.05, 0.1) is 0 Å². The summed E-state index contributed by atoms with van der Waals surface area (Å²) in [4.78, 5) is 10.2. The monoisotopic (exact) mass is 216 g/mol. The van der Waals surface area contributed by atoms with E-state index in [9.17, 15) is 9.18 Å². The molecule has 1 rings (SSSR count). The lowest BCUT2D eigenvalue weighted by atomic mass is 10.1. The fourth-order valence-corrected chi connectivity index (χ4v) is 1.19. The SMILES string of the molecule is Cc1c(F)cc(C=O)cc1Br. The first kappa shape index (κ1) is 8.40. The highest BCUT2D eigenvalue weighted by Crippen LogP contribution is 2.19. The average molecular weight is 217 g/mol. The predicted molar refractivity (Wildman–Crippen MR) is 44.2 cm³/mol. The van der Waals surface area contributed by atoms with Gasteiger partial charge in [0.2, 0.25) is 0 Å². The minimum atomic E-state index is -0.360. The van der Waals surface area contributed by atoms with E-state index in [2.05, 4.69) is 15.9 Å². The van der Waals surface area contributed by atoms with E-state index in [1.54, 1.807) is 13.0 Å². The third kappa shape index (κ3) is 1.66. The summed E-state index contributed by atoms with van der Waals surface area (Å²) in [6.07, 6.45) is 0.618. The van der Waals surface area contributed by atoms with Crippen LogP contribution in [-0.2, 0) is 0 Å². The molecule has 1 aromatic rings. The van der Waals surface area contributed by atoms with Crippen LogP contribution in [0.1, 0.15) is 15.9 Å². The van der Waals surface area contributed by atoms with Gasteiger partial charge < -0.3 is 0 Å². The van der Waals surface area contributed by atoms with Gasteiger partial charge in [0.1, 0.15) is 12.1 Å². The Labute approximate surface area is 72.4 Å². The molecule has 0 aliphatic heterocycles. The number of hydrogen-bond donors (Lipinski definition) is 0. The molecule has 1 nitrogen and oxygen atoms in total. The number of rotatable bonds is 1. The van der Waals surface area contributed by atoms with Gasteiger partial charge in [-0.2, -0.15) is 0 Å². The van der Waals surface area contributed by atoms with E-state index < -0.39 is 0 Å². The highest BCUT2D eigenvalue weighted by atomic mass is 79.9. The molecule has 1 aromatic carbocycles. The van der Waals surface area contributed by atoms with Crippen LogP contribution in [-0.4, -0.2) is 6.29 Å². The Morgan fingerprint density at radius 1 is 1.55 bits per heavy atom. The molecule has 0 saturated heterocycles. The van der Waals surface area contributed by atoms with Gasteiger partial charge in [-0.1, -0.05) is 15.9 Å². The van der Waals surface area contributed by atoms with E-state index >= 15 is 0 Å². The summed E-state index contributed by atoms with van der Waals surface area (Å²) in [6.45, 7) is 1.65. The Balaban J connectivity index is 3.31. The van der Waals surface area contributed by atoms with Crippen LogP contribution in [0.3, 0.4) is 0 Å². The average Bonchev–Trinajstić information content (AvgIpc) is 1.99. The van der Waals surface area contributed by atoms with Crippen molar-refractivity contribution in [3.8, 4) is 0 Å². The summed E-state index contributed by atoms with van der Waals surface area (Å²) >= 11 is 3.14. The van der Waals surface area contributed by atoms with Crippen LogP contribution >= 0.6 is 15.9 Å². The van der Waals surface area contributed by atoms with Gasteiger partial charge in [-0.25, -0.2) is 4.39 Å². The number of carbonyl (C=O) groups is 1. The van der Waals surface area contributed by atoms with E-state index in [-0.39, 0.29) is 5.82 Å². The number of hydrogen-bond acceptors (Lipinski definition) is 1. The largest absolute Gasteiger partial charge is 0.298 e. The summed E-state index contributed by atoms with van der Waals surface area (Å²) < 4.78 is 13.5. The molecule has 0 aliphatic carbocycles. The van der Waals surface area contributed by atoms with Crippen LogP contribution in [0.5, 0.6) is 0 Å². The zero-order valence-corrected chi connectivity index (χ0v) is 7.48. The third-order valence-electron chi connectivity index (χ3n) is 1.44. The minimum Gasteiger partial charge on any atom is -0.298 e. The second-order valence-corrected chi connectivity index (χ2v) is 3.08. The summed E-state index contributed by atoms with van der Waals surface area (Å²) in [7, 11) is 0. The van der Waals surface area contributed by atoms with Gasteiger partial charge in [0, 0.05) is 10.0 Å². The first-order valence-corrected chi connectivity index (χ1v) is 3.85. The second-order valence-electron chi connectivity index (χ2n) is 2.23. The molecule has 0 fully saturated rings. The molecular formula is C8H6BrFO. The Morgan fingerprint density at radius 2 is 2.18 bits per heavy atom. The molecule has 0 spiro atoms. The molecular weight excluding hydrogens is 211 g/mol. The molecule has 0 radical (unpaired) electrons. The minimum absolute atomic E-state index is 0.347. The molecule has 0 saturated carbocycles. The Hall–Kier alpha value is -0.700. The van der Waals surface area contributed by atoms with E-state index in [0.29, 0.717) is 21.9 Å². The molecule has 0 aromatic heterocycles. The summed E-state index contributed by atoms with van der Waals surface area (Å²) in [6, 6.07) is 2.80. The zero-order chi connectivity index (χ0) is 8.43. The van der Waals surface area contributed by atoms with Crippen LogP contribution in [0.2, 0.25) is 0 Å². The molecule has 0 amide bonds. The molecule has 3 heteroatoms. The number of halogens is 2. The lowest BCUT2D eigenvalue weighted by molar-refractivity contribution is 0.112. The molecule has 0 N–H and O–H groups in total. The molecule has 58 valence electrons. The topological polar surface area (TPSA) is 17.1 Å². The van der Waals surface area contributed by atoms with Crippen molar-refractivity contribution in [2.24, 2.45) is 0 Å². The maximum absolute atomic E-state index is 12.8. The summed E-state index contributed by atoms with van der Waals surface area (Å²) in [5, 5.41) is 0. The number of benzene rings is 1. The van der Waals surface area contributed by atoms with Gasteiger partial charge in [-0.05, 0) is 24.6 Å². The highest BCUT2D eigenvalue weighted by Gasteiger charge is 2.03. The maximum Gasteiger partial charge on any atom is 0.150 e. The molecule has 0 bridgehead atoms. The molecule has 11 heavy (non-hydrogen) atoms. The smallest absolute Gasteiger partial charge is 0.150 e. The quantitative estimate of drug-likeness (QED) is 0.661. The lowest BCUT2D eigenvalue weighted by Gasteiger charge is -1.99. The van der Waals surface area contributed by atoms with Crippen molar-refractivity contribution in [3.63, 3.8) is 0 Å². The maximum atomic E-state index is 12.8. The van der Waals surface area contributed by atoms with Crippen molar-refractivity contribution in [3.05, 3.63) is 33.5 Å².